The molecular weight excluding hydrogens is 226 g/mol. The quantitative estimate of drug-likeness (QED) is 0.860. The normalized spacial score (nSPS) is 27.4. The molecule has 2 heteroatoms. The van der Waals surface area contributed by atoms with Crippen molar-refractivity contribution in [2.75, 3.05) is 0 Å². The molecule has 1 aromatic rings. The largest absolute Gasteiger partial charge is 0.326 e. The lowest BCUT2D eigenvalue weighted by Gasteiger charge is -2.26. The Bertz CT molecular complexity index is 411. The zero-order chi connectivity index (χ0) is 12.6. The van der Waals surface area contributed by atoms with Crippen molar-refractivity contribution >= 4 is 11.8 Å². The van der Waals surface area contributed by atoms with Crippen LogP contribution in [-0.2, 0) is 0 Å². The molecule has 2 rings (SSSR count). The Labute approximate surface area is 109 Å². The lowest BCUT2D eigenvalue weighted by atomic mass is 9.88. The fourth-order valence-corrected chi connectivity index (χ4v) is 4.06. The van der Waals surface area contributed by atoms with E-state index in [-0.39, 0.29) is 0 Å². The zero-order valence-electron chi connectivity index (χ0n) is 11.3. The molecule has 1 aliphatic rings. The summed E-state index contributed by atoms with van der Waals surface area (Å²) < 4.78 is 0. The Morgan fingerprint density at radius 3 is 2.53 bits per heavy atom. The average Bonchev–Trinajstić information content (AvgIpc) is 2.49. The first-order chi connectivity index (χ1) is 7.90. The maximum Gasteiger partial charge on any atom is 0.0251 e. The van der Waals surface area contributed by atoms with Crippen LogP contribution in [-0.4, -0.2) is 11.3 Å². The Balaban J connectivity index is 2.12. The predicted octanol–water partition coefficient (Wildman–Crippen LogP) is 3.91. The van der Waals surface area contributed by atoms with Crippen LogP contribution in [0, 0.1) is 19.3 Å². The summed E-state index contributed by atoms with van der Waals surface area (Å²) in [4.78, 5) is 1.40. The van der Waals surface area contributed by atoms with Gasteiger partial charge in [-0.3, -0.25) is 0 Å². The van der Waals surface area contributed by atoms with E-state index >= 15 is 0 Å². The van der Waals surface area contributed by atoms with E-state index in [1.54, 1.807) is 0 Å². The van der Waals surface area contributed by atoms with Gasteiger partial charge < -0.3 is 5.73 Å². The summed E-state index contributed by atoms with van der Waals surface area (Å²) in [7, 11) is 0. The number of hydrogen-bond acceptors (Lipinski definition) is 2. The van der Waals surface area contributed by atoms with Crippen LogP contribution in [0.4, 0.5) is 0 Å². The molecule has 2 unspecified atom stereocenters. The molecule has 0 aromatic heterocycles. The number of hydrogen-bond donors (Lipinski definition) is 1. The van der Waals surface area contributed by atoms with Gasteiger partial charge in [0.15, 0.2) is 0 Å². The highest BCUT2D eigenvalue weighted by Crippen LogP contribution is 2.44. The third-order valence-electron chi connectivity index (χ3n) is 3.98. The van der Waals surface area contributed by atoms with Gasteiger partial charge in [-0.25, -0.2) is 0 Å². The van der Waals surface area contributed by atoms with Crippen molar-refractivity contribution in [2.45, 2.75) is 56.7 Å². The number of aryl methyl sites for hydroxylation is 2. The van der Waals surface area contributed by atoms with Crippen LogP contribution < -0.4 is 5.73 Å². The molecule has 2 atom stereocenters. The second-order valence-electron chi connectivity index (χ2n) is 5.98. The second kappa shape index (κ2) is 4.66. The summed E-state index contributed by atoms with van der Waals surface area (Å²) in [5, 5.41) is 0.575. The lowest BCUT2D eigenvalue weighted by molar-refractivity contribution is 0.334. The van der Waals surface area contributed by atoms with Gasteiger partial charge in [-0.15, -0.1) is 11.8 Å². The molecule has 1 fully saturated rings. The predicted molar refractivity (Wildman–Crippen MR) is 76.6 cm³/mol. The number of rotatable bonds is 2. The second-order valence-corrected chi connectivity index (χ2v) is 7.26. The van der Waals surface area contributed by atoms with Crippen molar-refractivity contribution in [3.63, 3.8) is 0 Å². The van der Waals surface area contributed by atoms with E-state index in [0.717, 1.165) is 0 Å². The fourth-order valence-electron chi connectivity index (χ4n) is 2.59. The summed E-state index contributed by atoms with van der Waals surface area (Å²) >= 11 is 1.97. The molecule has 0 heterocycles. The molecule has 2 N–H and O–H groups in total. The Morgan fingerprint density at radius 2 is 2.00 bits per heavy atom. The van der Waals surface area contributed by atoms with Crippen LogP contribution >= 0.6 is 11.8 Å². The SMILES string of the molecule is Cc1ccc(SC2CCC(C)(C)C2N)c(C)c1. The molecule has 0 saturated heterocycles. The van der Waals surface area contributed by atoms with Crippen molar-refractivity contribution in [2.24, 2.45) is 11.1 Å². The molecule has 1 saturated carbocycles. The highest BCUT2D eigenvalue weighted by molar-refractivity contribution is 8.00. The number of thioether (sulfide) groups is 1. The first-order valence-electron chi connectivity index (χ1n) is 6.40. The summed E-state index contributed by atoms with van der Waals surface area (Å²) in [6, 6.07) is 7.01. The Morgan fingerprint density at radius 1 is 1.29 bits per heavy atom. The van der Waals surface area contributed by atoms with E-state index in [4.69, 9.17) is 5.73 Å². The van der Waals surface area contributed by atoms with E-state index in [2.05, 4.69) is 45.9 Å². The van der Waals surface area contributed by atoms with Gasteiger partial charge in [-0.05, 0) is 43.7 Å². The fraction of sp³-hybridized carbons (Fsp3) is 0.600. The zero-order valence-corrected chi connectivity index (χ0v) is 12.1. The molecule has 1 aromatic carbocycles. The highest BCUT2D eigenvalue weighted by atomic mass is 32.2. The van der Waals surface area contributed by atoms with Crippen LogP contribution in [0.25, 0.3) is 0 Å². The van der Waals surface area contributed by atoms with Crippen LogP contribution in [0.3, 0.4) is 0 Å². The minimum absolute atomic E-state index is 0.302. The molecule has 0 bridgehead atoms. The van der Waals surface area contributed by atoms with Crippen molar-refractivity contribution < 1.29 is 0 Å². The maximum absolute atomic E-state index is 6.36. The van der Waals surface area contributed by atoms with Gasteiger partial charge in [0.05, 0.1) is 0 Å². The highest BCUT2D eigenvalue weighted by Gasteiger charge is 2.39. The van der Waals surface area contributed by atoms with Crippen LogP contribution in [0.15, 0.2) is 23.1 Å². The first-order valence-corrected chi connectivity index (χ1v) is 7.27. The van der Waals surface area contributed by atoms with E-state index < -0.39 is 0 Å². The third kappa shape index (κ3) is 2.69. The van der Waals surface area contributed by atoms with Gasteiger partial charge in [0, 0.05) is 16.2 Å². The van der Waals surface area contributed by atoms with Crippen LogP contribution in [0.2, 0.25) is 0 Å². The number of benzene rings is 1. The Hall–Kier alpha value is -0.470. The van der Waals surface area contributed by atoms with Crippen molar-refractivity contribution in [1.82, 2.24) is 0 Å². The van der Waals surface area contributed by atoms with E-state index in [0.29, 0.717) is 16.7 Å². The van der Waals surface area contributed by atoms with Crippen LogP contribution in [0.1, 0.15) is 37.8 Å². The molecule has 0 aliphatic heterocycles. The number of nitrogens with two attached hydrogens (primary N) is 1. The topological polar surface area (TPSA) is 26.0 Å². The van der Waals surface area contributed by atoms with E-state index in [1.165, 1.54) is 28.9 Å². The molecule has 0 amide bonds. The summed E-state index contributed by atoms with van der Waals surface area (Å²) in [6.45, 7) is 8.92. The van der Waals surface area contributed by atoms with E-state index in [1.807, 2.05) is 11.8 Å². The minimum atomic E-state index is 0.302. The third-order valence-corrected chi connectivity index (χ3v) is 5.53. The smallest absolute Gasteiger partial charge is 0.0251 e. The van der Waals surface area contributed by atoms with Crippen molar-refractivity contribution in [3.05, 3.63) is 29.3 Å². The van der Waals surface area contributed by atoms with Crippen LogP contribution in [0.5, 0.6) is 0 Å². The molecule has 1 nitrogen and oxygen atoms in total. The molecular formula is C15H23NS. The molecule has 0 radical (unpaired) electrons. The van der Waals surface area contributed by atoms with Crippen molar-refractivity contribution in [1.29, 1.82) is 0 Å². The lowest BCUT2D eigenvalue weighted by Crippen LogP contribution is -2.38. The summed E-state index contributed by atoms with van der Waals surface area (Å²) in [5.74, 6) is 0. The summed E-state index contributed by atoms with van der Waals surface area (Å²) in [6.07, 6.45) is 2.49. The summed E-state index contributed by atoms with van der Waals surface area (Å²) in [5.41, 5.74) is 9.38. The van der Waals surface area contributed by atoms with Crippen molar-refractivity contribution in [3.8, 4) is 0 Å². The molecule has 17 heavy (non-hydrogen) atoms. The molecule has 94 valence electrons. The van der Waals surface area contributed by atoms with Gasteiger partial charge in [0.2, 0.25) is 0 Å². The van der Waals surface area contributed by atoms with Gasteiger partial charge in [-0.2, -0.15) is 0 Å². The monoisotopic (exact) mass is 249 g/mol. The standard InChI is InChI=1S/C15H23NS/c1-10-5-6-12(11(2)9-10)17-13-7-8-15(3,4)14(13)16/h5-6,9,13-14H,7-8,16H2,1-4H3. The first kappa shape index (κ1) is 13.0. The average molecular weight is 249 g/mol. The van der Waals surface area contributed by atoms with Gasteiger partial charge in [0.1, 0.15) is 0 Å². The molecule has 1 aliphatic carbocycles. The van der Waals surface area contributed by atoms with Gasteiger partial charge >= 0.3 is 0 Å². The Kier molecular flexibility index (Phi) is 3.55. The van der Waals surface area contributed by atoms with Gasteiger partial charge in [-0.1, -0.05) is 31.5 Å². The van der Waals surface area contributed by atoms with Gasteiger partial charge in [0.25, 0.3) is 0 Å². The van der Waals surface area contributed by atoms with E-state index in [9.17, 15) is 0 Å². The maximum atomic E-state index is 6.36. The molecule has 0 spiro atoms. The minimum Gasteiger partial charge on any atom is -0.326 e.